The molecular weight excluding hydrogens is 246 g/mol. The molecule has 0 saturated heterocycles. The fourth-order valence-electron chi connectivity index (χ4n) is 1.76. The summed E-state index contributed by atoms with van der Waals surface area (Å²) in [7, 11) is 0. The number of hydrogen-bond acceptors (Lipinski definition) is 4. The number of furan rings is 1. The van der Waals surface area contributed by atoms with Gasteiger partial charge in [0.05, 0.1) is 12.6 Å². The average molecular weight is 259 g/mol. The zero-order valence-corrected chi connectivity index (χ0v) is 10.2. The van der Waals surface area contributed by atoms with Gasteiger partial charge in [0.1, 0.15) is 12.2 Å². The van der Waals surface area contributed by atoms with E-state index in [2.05, 4.69) is 10.3 Å². The van der Waals surface area contributed by atoms with Crippen LogP contribution >= 0.6 is 0 Å². The molecule has 2 aromatic rings. The van der Waals surface area contributed by atoms with E-state index in [4.69, 9.17) is 4.42 Å². The Labute approximate surface area is 109 Å². The second-order valence-corrected chi connectivity index (χ2v) is 4.56. The molecule has 98 valence electrons. The van der Waals surface area contributed by atoms with Gasteiger partial charge >= 0.3 is 0 Å². The van der Waals surface area contributed by atoms with Gasteiger partial charge < -0.3 is 9.73 Å². The van der Waals surface area contributed by atoms with Crippen LogP contribution in [0, 0.1) is 0 Å². The Morgan fingerprint density at radius 3 is 3.00 bits per heavy atom. The Morgan fingerprint density at radius 2 is 2.37 bits per heavy atom. The molecule has 3 rings (SSSR count). The van der Waals surface area contributed by atoms with Crippen molar-refractivity contribution < 1.29 is 9.21 Å². The Kier molecular flexibility index (Phi) is 2.91. The Balaban J connectivity index is 1.76. The standard InChI is InChI=1S/C13H13N3O3/c17-12(15-9-3-4-9)7-16-8-14-10(6-13(16)18)11-2-1-5-19-11/h1-2,5-6,8-9H,3-4,7H2,(H,15,17). The molecule has 19 heavy (non-hydrogen) atoms. The van der Waals surface area contributed by atoms with E-state index in [0.29, 0.717) is 17.5 Å². The van der Waals surface area contributed by atoms with Crippen LogP contribution in [0.25, 0.3) is 11.5 Å². The van der Waals surface area contributed by atoms with Crippen molar-refractivity contribution in [3.05, 3.63) is 41.1 Å². The molecule has 0 radical (unpaired) electrons. The van der Waals surface area contributed by atoms with E-state index < -0.39 is 0 Å². The topological polar surface area (TPSA) is 77.1 Å². The van der Waals surface area contributed by atoms with Crippen molar-refractivity contribution in [1.29, 1.82) is 0 Å². The van der Waals surface area contributed by atoms with E-state index in [-0.39, 0.29) is 18.0 Å². The molecule has 1 aliphatic rings. The van der Waals surface area contributed by atoms with Crippen molar-refractivity contribution in [3.63, 3.8) is 0 Å². The van der Waals surface area contributed by atoms with Crippen LogP contribution in [0.1, 0.15) is 12.8 Å². The highest BCUT2D eigenvalue weighted by Crippen LogP contribution is 2.18. The molecule has 0 atom stereocenters. The number of aromatic nitrogens is 2. The fourth-order valence-corrected chi connectivity index (χ4v) is 1.76. The van der Waals surface area contributed by atoms with Crippen LogP contribution in [-0.4, -0.2) is 21.5 Å². The molecule has 1 amide bonds. The zero-order valence-electron chi connectivity index (χ0n) is 10.2. The van der Waals surface area contributed by atoms with Gasteiger partial charge in [0.2, 0.25) is 5.91 Å². The predicted octanol–water partition coefficient (Wildman–Crippen LogP) is 0.782. The minimum atomic E-state index is -0.271. The van der Waals surface area contributed by atoms with Crippen LogP contribution in [-0.2, 0) is 11.3 Å². The normalized spacial score (nSPS) is 14.3. The van der Waals surface area contributed by atoms with Crippen molar-refractivity contribution in [2.24, 2.45) is 0 Å². The first-order valence-corrected chi connectivity index (χ1v) is 6.12. The third-order valence-electron chi connectivity index (χ3n) is 2.91. The summed E-state index contributed by atoms with van der Waals surface area (Å²) in [5, 5.41) is 2.83. The van der Waals surface area contributed by atoms with Gasteiger partial charge in [-0.05, 0) is 25.0 Å². The molecule has 6 nitrogen and oxygen atoms in total. The molecule has 1 aliphatic carbocycles. The lowest BCUT2D eigenvalue weighted by Gasteiger charge is -2.06. The molecule has 0 aliphatic heterocycles. The highest BCUT2D eigenvalue weighted by atomic mass is 16.3. The molecule has 0 aromatic carbocycles. The van der Waals surface area contributed by atoms with Crippen molar-refractivity contribution >= 4 is 5.91 Å². The van der Waals surface area contributed by atoms with Crippen LogP contribution in [0.15, 0.2) is 40.0 Å². The monoisotopic (exact) mass is 259 g/mol. The van der Waals surface area contributed by atoms with Crippen molar-refractivity contribution in [2.75, 3.05) is 0 Å². The lowest BCUT2D eigenvalue weighted by Crippen LogP contribution is -2.33. The van der Waals surface area contributed by atoms with Gasteiger partial charge in [-0.3, -0.25) is 14.2 Å². The molecule has 1 fully saturated rings. The van der Waals surface area contributed by atoms with E-state index in [9.17, 15) is 9.59 Å². The second kappa shape index (κ2) is 4.72. The van der Waals surface area contributed by atoms with Gasteiger partial charge in [0.25, 0.3) is 5.56 Å². The minimum absolute atomic E-state index is 0.000762. The number of carbonyl (C=O) groups is 1. The average Bonchev–Trinajstić information content (AvgIpc) is 3.03. The van der Waals surface area contributed by atoms with Gasteiger partial charge in [0, 0.05) is 12.1 Å². The summed E-state index contributed by atoms with van der Waals surface area (Å²) >= 11 is 0. The largest absolute Gasteiger partial charge is 0.463 e. The number of nitrogens with zero attached hydrogens (tertiary/aromatic N) is 2. The molecular formula is C13H13N3O3. The van der Waals surface area contributed by atoms with Crippen molar-refractivity contribution in [3.8, 4) is 11.5 Å². The maximum Gasteiger partial charge on any atom is 0.254 e. The van der Waals surface area contributed by atoms with Crippen LogP contribution in [0.3, 0.4) is 0 Å². The Morgan fingerprint density at radius 1 is 1.53 bits per heavy atom. The number of amides is 1. The van der Waals surface area contributed by atoms with Crippen molar-refractivity contribution in [2.45, 2.75) is 25.4 Å². The highest BCUT2D eigenvalue weighted by Gasteiger charge is 2.23. The maximum atomic E-state index is 11.9. The van der Waals surface area contributed by atoms with Crippen molar-refractivity contribution in [1.82, 2.24) is 14.9 Å². The summed E-state index contributed by atoms with van der Waals surface area (Å²) in [6.07, 6.45) is 4.94. The molecule has 0 unspecified atom stereocenters. The molecule has 1 N–H and O–H groups in total. The number of rotatable bonds is 4. The molecule has 0 spiro atoms. The van der Waals surface area contributed by atoms with Gasteiger partial charge in [-0.2, -0.15) is 0 Å². The minimum Gasteiger partial charge on any atom is -0.463 e. The third kappa shape index (κ3) is 2.73. The summed E-state index contributed by atoms with van der Waals surface area (Å²) in [6.45, 7) is 0.000762. The number of nitrogens with one attached hydrogen (secondary N) is 1. The van der Waals surface area contributed by atoms with Crippen LogP contribution in [0.5, 0.6) is 0 Å². The Hall–Kier alpha value is -2.37. The zero-order chi connectivity index (χ0) is 13.2. The number of carbonyl (C=O) groups excluding carboxylic acids is 1. The van der Waals surface area contributed by atoms with Gasteiger partial charge in [-0.25, -0.2) is 4.98 Å². The highest BCUT2D eigenvalue weighted by molar-refractivity contribution is 5.76. The molecule has 0 bridgehead atoms. The molecule has 6 heteroatoms. The fraction of sp³-hybridized carbons (Fsp3) is 0.308. The summed E-state index contributed by atoms with van der Waals surface area (Å²) in [6, 6.07) is 5.11. The quantitative estimate of drug-likeness (QED) is 0.880. The van der Waals surface area contributed by atoms with E-state index in [0.717, 1.165) is 12.8 Å². The van der Waals surface area contributed by atoms with E-state index >= 15 is 0 Å². The van der Waals surface area contributed by atoms with Gasteiger partial charge in [0.15, 0.2) is 5.76 Å². The van der Waals surface area contributed by atoms with E-state index in [1.165, 1.54) is 23.2 Å². The predicted molar refractivity (Wildman–Crippen MR) is 67.4 cm³/mol. The SMILES string of the molecule is O=C(Cn1cnc(-c2ccco2)cc1=O)NC1CC1. The number of hydrogen-bond donors (Lipinski definition) is 1. The lowest BCUT2D eigenvalue weighted by atomic mass is 10.3. The second-order valence-electron chi connectivity index (χ2n) is 4.56. The molecule has 2 heterocycles. The molecule has 2 aromatic heterocycles. The summed E-state index contributed by atoms with van der Waals surface area (Å²) in [5.74, 6) is 0.379. The first-order chi connectivity index (χ1) is 9.22. The third-order valence-corrected chi connectivity index (χ3v) is 2.91. The molecule has 1 saturated carbocycles. The van der Waals surface area contributed by atoms with Gasteiger partial charge in [-0.1, -0.05) is 0 Å². The maximum absolute atomic E-state index is 11.9. The summed E-state index contributed by atoms with van der Waals surface area (Å²) in [4.78, 5) is 27.6. The first kappa shape index (κ1) is 11.7. The van der Waals surface area contributed by atoms with Crippen LogP contribution in [0.2, 0.25) is 0 Å². The lowest BCUT2D eigenvalue weighted by molar-refractivity contribution is -0.121. The summed E-state index contributed by atoms with van der Waals surface area (Å²) in [5.41, 5.74) is 0.196. The van der Waals surface area contributed by atoms with E-state index in [1.54, 1.807) is 12.1 Å². The summed E-state index contributed by atoms with van der Waals surface area (Å²) < 4.78 is 6.45. The van der Waals surface area contributed by atoms with Crippen LogP contribution in [0.4, 0.5) is 0 Å². The smallest absolute Gasteiger partial charge is 0.254 e. The van der Waals surface area contributed by atoms with Crippen LogP contribution < -0.4 is 10.9 Å². The van der Waals surface area contributed by atoms with Gasteiger partial charge in [-0.15, -0.1) is 0 Å². The van der Waals surface area contributed by atoms with E-state index in [1.807, 2.05) is 0 Å². The Bertz CT molecular complexity index is 641. The first-order valence-electron chi connectivity index (χ1n) is 6.12.